The lowest BCUT2D eigenvalue weighted by Crippen LogP contribution is -2.55. The highest BCUT2D eigenvalue weighted by molar-refractivity contribution is 5.86. The fourth-order valence-corrected chi connectivity index (χ4v) is 2.17. The van der Waals surface area contributed by atoms with Gasteiger partial charge in [-0.15, -0.1) is 0 Å². The number of fused-ring (bicyclic) bond motifs is 1. The third kappa shape index (κ3) is 2.57. The van der Waals surface area contributed by atoms with Gasteiger partial charge in [-0.05, 0) is 12.5 Å². The van der Waals surface area contributed by atoms with Crippen LogP contribution in [0.1, 0.15) is 24.8 Å². The van der Waals surface area contributed by atoms with Gasteiger partial charge in [-0.1, -0.05) is 25.1 Å². The summed E-state index contributed by atoms with van der Waals surface area (Å²) in [5.41, 5.74) is -0.116. The molecule has 1 atom stereocenters. The van der Waals surface area contributed by atoms with E-state index in [4.69, 9.17) is 4.74 Å². The van der Waals surface area contributed by atoms with E-state index < -0.39 is 5.54 Å². The van der Waals surface area contributed by atoms with E-state index in [1.165, 1.54) is 0 Å². The summed E-state index contributed by atoms with van der Waals surface area (Å²) in [6.45, 7) is 1.52. The first-order chi connectivity index (χ1) is 9.15. The fourth-order valence-electron chi connectivity index (χ4n) is 2.17. The Balaban J connectivity index is 2.14. The van der Waals surface area contributed by atoms with Crippen molar-refractivity contribution in [3.05, 3.63) is 29.8 Å². The Bertz CT molecular complexity index is 448. The predicted octanol–water partition coefficient (Wildman–Crippen LogP) is 0.412. The maximum atomic E-state index is 12.3. The van der Waals surface area contributed by atoms with Gasteiger partial charge in [0.25, 0.3) is 0 Å². The van der Waals surface area contributed by atoms with Gasteiger partial charge in [0.05, 0.1) is 18.8 Å². The first-order valence-corrected chi connectivity index (χ1v) is 6.41. The number of nitrogens with one attached hydrogen (secondary N) is 1. The van der Waals surface area contributed by atoms with E-state index in [-0.39, 0.29) is 25.0 Å². The molecule has 1 amide bonds. The second-order valence-corrected chi connectivity index (χ2v) is 4.84. The van der Waals surface area contributed by atoms with Crippen molar-refractivity contribution in [1.29, 1.82) is 0 Å². The smallest absolute Gasteiger partial charge is 0.231 e. The van der Waals surface area contributed by atoms with Gasteiger partial charge in [0, 0.05) is 5.56 Å². The molecule has 0 aromatic heterocycles. The zero-order chi connectivity index (χ0) is 13.9. The van der Waals surface area contributed by atoms with Gasteiger partial charge in [0.1, 0.15) is 18.3 Å². The zero-order valence-corrected chi connectivity index (χ0v) is 10.9. The average Bonchev–Trinajstić information content (AvgIpc) is 2.89. The van der Waals surface area contributed by atoms with Crippen molar-refractivity contribution in [2.24, 2.45) is 0 Å². The highest BCUT2D eigenvalue weighted by atomic mass is 16.5. The van der Waals surface area contributed by atoms with Gasteiger partial charge >= 0.3 is 0 Å². The number of carbonyl (C=O) groups excluding carboxylic acids is 1. The fraction of sp³-hybridized carbons (Fsp3) is 0.500. The van der Waals surface area contributed by atoms with Crippen molar-refractivity contribution < 1.29 is 19.7 Å². The summed E-state index contributed by atoms with van der Waals surface area (Å²) in [5, 5.41) is 21.5. The van der Waals surface area contributed by atoms with Crippen LogP contribution in [-0.4, -0.2) is 41.5 Å². The minimum atomic E-state index is -0.964. The van der Waals surface area contributed by atoms with Gasteiger partial charge in [0.15, 0.2) is 0 Å². The Kier molecular flexibility index (Phi) is 4.07. The van der Waals surface area contributed by atoms with Gasteiger partial charge in [-0.2, -0.15) is 0 Å². The number of aliphatic hydroxyl groups is 2. The van der Waals surface area contributed by atoms with Crippen LogP contribution in [0.15, 0.2) is 24.3 Å². The van der Waals surface area contributed by atoms with Crippen LogP contribution in [0.2, 0.25) is 0 Å². The number of benzene rings is 1. The van der Waals surface area contributed by atoms with Crippen LogP contribution in [-0.2, 0) is 4.79 Å². The molecule has 1 heterocycles. The van der Waals surface area contributed by atoms with Crippen LogP contribution < -0.4 is 10.1 Å². The number of ether oxygens (including phenoxy) is 1. The third-order valence-corrected chi connectivity index (χ3v) is 3.69. The van der Waals surface area contributed by atoms with Crippen molar-refractivity contribution in [1.82, 2.24) is 5.32 Å². The van der Waals surface area contributed by atoms with Crippen LogP contribution in [0.25, 0.3) is 0 Å². The molecule has 0 bridgehead atoms. The van der Waals surface area contributed by atoms with E-state index >= 15 is 0 Å². The summed E-state index contributed by atoms with van der Waals surface area (Å²) in [6.07, 6.45) is 0.459. The van der Waals surface area contributed by atoms with E-state index in [0.717, 1.165) is 11.3 Å². The second-order valence-electron chi connectivity index (χ2n) is 4.84. The molecule has 2 rings (SSSR count). The first kappa shape index (κ1) is 13.8. The number of para-hydroxylation sites is 1. The molecule has 3 N–H and O–H groups in total. The standard InChI is InChI=1S/C14H19NO4/c1-2-14(8-16,9-17)15-13(18)11-7-19-12-6-4-3-5-10(11)12/h3-6,11,16-17H,2,7-9H2,1H3,(H,15,18). The molecule has 0 saturated heterocycles. The van der Waals surface area contributed by atoms with Crippen molar-refractivity contribution in [3.8, 4) is 5.75 Å². The van der Waals surface area contributed by atoms with Gasteiger partial charge < -0.3 is 20.3 Å². The van der Waals surface area contributed by atoms with Gasteiger partial charge in [-0.25, -0.2) is 0 Å². The molecule has 104 valence electrons. The SMILES string of the molecule is CCC(CO)(CO)NC(=O)C1COc2ccccc21. The molecule has 1 aromatic rings. The van der Waals surface area contributed by atoms with Crippen LogP contribution in [0, 0.1) is 0 Å². The zero-order valence-electron chi connectivity index (χ0n) is 10.9. The lowest BCUT2D eigenvalue weighted by molar-refractivity contribution is -0.126. The van der Waals surface area contributed by atoms with E-state index in [1.807, 2.05) is 31.2 Å². The minimum Gasteiger partial charge on any atom is -0.492 e. The lowest BCUT2D eigenvalue weighted by Gasteiger charge is -2.30. The molecule has 19 heavy (non-hydrogen) atoms. The number of carbonyl (C=O) groups is 1. The van der Waals surface area contributed by atoms with Gasteiger partial charge in [0.2, 0.25) is 5.91 Å². The van der Waals surface area contributed by atoms with E-state index in [0.29, 0.717) is 13.0 Å². The molecule has 0 radical (unpaired) electrons. The maximum Gasteiger partial charge on any atom is 0.231 e. The largest absolute Gasteiger partial charge is 0.492 e. The highest BCUT2D eigenvalue weighted by Crippen LogP contribution is 2.33. The Morgan fingerprint density at radius 1 is 1.42 bits per heavy atom. The molecule has 5 heteroatoms. The number of hydrogen-bond donors (Lipinski definition) is 3. The van der Waals surface area contributed by atoms with E-state index in [9.17, 15) is 15.0 Å². The van der Waals surface area contributed by atoms with Gasteiger partial charge in [-0.3, -0.25) is 4.79 Å². The number of hydrogen-bond acceptors (Lipinski definition) is 4. The van der Waals surface area contributed by atoms with Crippen LogP contribution in [0.3, 0.4) is 0 Å². The molecule has 1 aromatic carbocycles. The maximum absolute atomic E-state index is 12.3. The second kappa shape index (κ2) is 5.59. The Hall–Kier alpha value is -1.59. The molecule has 0 saturated carbocycles. The van der Waals surface area contributed by atoms with Crippen molar-refractivity contribution in [2.75, 3.05) is 19.8 Å². The molecule has 5 nitrogen and oxygen atoms in total. The van der Waals surface area contributed by atoms with Crippen molar-refractivity contribution in [2.45, 2.75) is 24.8 Å². The Morgan fingerprint density at radius 3 is 2.74 bits per heavy atom. The van der Waals surface area contributed by atoms with Crippen molar-refractivity contribution >= 4 is 5.91 Å². The summed E-state index contributed by atoms with van der Waals surface area (Å²) in [5.74, 6) is 0.105. The summed E-state index contributed by atoms with van der Waals surface area (Å²) < 4.78 is 5.46. The normalized spacial score (nSPS) is 17.7. The van der Waals surface area contributed by atoms with Crippen molar-refractivity contribution in [3.63, 3.8) is 0 Å². The Morgan fingerprint density at radius 2 is 2.11 bits per heavy atom. The molecular formula is C14H19NO4. The molecule has 0 spiro atoms. The van der Waals surface area contributed by atoms with Crippen LogP contribution >= 0.6 is 0 Å². The van der Waals surface area contributed by atoms with Crippen LogP contribution in [0.4, 0.5) is 0 Å². The topological polar surface area (TPSA) is 78.8 Å². The number of aliphatic hydroxyl groups excluding tert-OH is 2. The molecular weight excluding hydrogens is 246 g/mol. The van der Waals surface area contributed by atoms with Crippen LogP contribution in [0.5, 0.6) is 5.75 Å². The Labute approximate surface area is 112 Å². The van der Waals surface area contributed by atoms with E-state index in [2.05, 4.69) is 5.32 Å². The number of amides is 1. The molecule has 0 fully saturated rings. The average molecular weight is 265 g/mol. The number of rotatable bonds is 5. The lowest BCUT2D eigenvalue weighted by atomic mass is 9.95. The van der Waals surface area contributed by atoms with E-state index in [1.54, 1.807) is 0 Å². The third-order valence-electron chi connectivity index (χ3n) is 3.69. The molecule has 0 aliphatic carbocycles. The first-order valence-electron chi connectivity index (χ1n) is 6.41. The molecule has 1 unspecified atom stereocenters. The minimum absolute atomic E-state index is 0.227. The quantitative estimate of drug-likeness (QED) is 0.720. The summed E-state index contributed by atoms with van der Waals surface area (Å²) >= 11 is 0. The highest BCUT2D eigenvalue weighted by Gasteiger charge is 2.35. The molecule has 1 aliphatic rings. The summed E-state index contributed by atoms with van der Waals surface area (Å²) in [6, 6.07) is 7.40. The summed E-state index contributed by atoms with van der Waals surface area (Å²) in [4.78, 5) is 12.3. The summed E-state index contributed by atoms with van der Waals surface area (Å²) in [7, 11) is 0. The molecule has 1 aliphatic heterocycles. The monoisotopic (exact) mass is 265 g/mol. The predicted molar refractivity (Wildman–Crippen MR) is 70.0 cm³/mol.